The SMILES string of the molecule is COc1ccc(C[C@H]2COC(=O)[C@@H]2Cc2ccc(OCC(=O)Nc3ccc(C)cc3)c(OC)c2)cc1OC. The molecular weight excluding hydrogens is 486 g/mol. The highest BCUT2D eigenvalue weighted by Crippen LogP contribution is 2.35. The number of ether oxygens (including phenoxy) is 5. The lowest BCUT2D eigenvalue weighted by atomic mass is 9.85. The van der Waals surface area contributed by atoms with E-state index in [1.807, 2.05) is 61.5 Å². The number of anilines is 1. The summed E-state index contributed by atoms with van der Waals surface area (Å²) in [7, 11) is 4.74. The molecular formula is C30H33NO7. The van der Waals surface area contributed by atoms with Gasteiger partial charge in [-0.3, -0.25) is 9.59 Å². The number of aryl methyl sites for hydroxylation is 1. The lowest BCUT2D eigenvalue weighted by molar-refractivity contribution is -0.141. The highest BCUT2D eigenvalue weighted by Gasteiger charge is 2.37. The number of benzene rings is 3. The van der Waals surface area contributed by atoms with Gasteiger partial charge in [-0.25, -0.2) is 0 Å². The Kier molecular flexibility index (Phi) is 8.73. The summed E-state index contributed by atoms with van der Waals surface area (Å²) in [5, 5.41) is 2.81. The van der Waals surface area contributed by atoms with Gasteiger partial charge in [0.25, 0.3) is 5.91 Å². The maximum atomic E-state index is 12.6. The van der Waals surface area contributed by atoms with Gasteiger partial charge in [-0.15, -0.1) is 0 Å². The molecule has 1 N–H and O–H groups in total. The minimum Gasteiger partial charge on any atom is -0.493 e. The topological polar surface area (TPSA) is 92.3 Å². The van der Waals surface area contributed by atoms with Crippen LogP contribution >= 0.6 is 0 Å². The molecule has 0 spiro atoms. The van der Waals surface area contributed by atoms with Gasteiger partial charge in [0.1, 0.15) is 0 Å². The van der Waals surface area contributed by atoms with Gasteiger partial charge >= 0.3 is 5.97 Å². The zero-order valence-corrected chi connectivity index (χ0v) is 22.1. The molecule has 2 atom stereocenters. The third-order valence-electron chi connectivity index (χ3n) is 6.64. The Morgan fingerprint density at radius 1 is 0.842 bits per heavy atom. The van der Waals surface area contributed by atoms with Gasteiger partial charge in [0.05, 0.1) is 33.9 Å². The van der Waals surface area contributed by atoms with Crippen LogP contribution < -0.4 is 24.3 Å². The van der Waals surface area contributed by atoms with Crippen molar-refractivity contribution in [1.82, 2.24) is 0 Å². The van der Waals surface area contributed by atoms with E-state index in [-0.39, 0.29) is 30.3 Å². The number of methoxy groups -OCH3 is 3. The molecule has 0 aromatic heterocycles. The minimum absolute atomic E-state index is 0.0213. The second kappa shape index (κ2) is 12.4. The number of esters is 1. The summed E-state index contributed by atoms with van der Waals surface area (Å²) in [6.45, 7) is 2.19. The van der Waals surface area contributed by atoms with Crippen molar-refractivity contribution in [2.45, 2.75) is 19.8 Å². The van der Waals surface area contributed by atoms with E-state index in [9.17, 15) is 9.59 Å². The van der Waals surface area contributed by atoms with E-state index in [0.717, 1.165) is 16.7 Å². The summed E-state index contributed by atoms with van der Waals surface area (Å²) in [6.07, 6.45) is 1.17. The summed E-state index contributed by atoms with van der Waals surface area (Å²) in [5.74, 6) is 1.51. The summed E-state index contributed by atoms with van der Waals surface area (Å²) in [5.41, 5.74) is 3.78. The van der Waals surface area contributed by atoms with E-state index in [2.05, 4.69) is 5.32 Å². The van der Waals surface area contributed by atoms with Gasteiger partial charge in [0.2, 0.25) is 0 Å². The third kappa shape index (κ3) is 6.56. The standard InChI is InChI=1S/C30H33NO7/c1-19-5-9-23(10-6-19)31-29(32)18-37-26-12-8-21(16-28(26)36-4)14-24-22(17-38-30(24)33)13-20-7-11-25(34-2)27(15-20)35-3/h5-12,15-16,22,24H,13-14,17-18H2,1-4H3,(H,31,32)/t22-,24+/m0/s1. The molecule has 38 heavy (non-hydrogen) atoms. The van der Waals surface area contributed by atoms with Crippen molar-refractivity contribution in [2.75, 3.05) is 39.9 Å². The highest BCUT2D eigenvalue weighted by molar-refractivity contribution is 5.91. The van der Waals surface area contributed by atoms with Crippen LogP contribution in [0, 0.1) is 18.8 Å². The van der Waals surface area contributed by atoms with Crippen molar-refractivity contribution in [1.29, 1.82) is 0 Å². The molecule has 1 heterocycles. The fourth-order valence-electron chi connectivity index (χ4n) is 4.56. The zero-order valence-electron chi connectivity index (χ0n) is 22.1. The molecule has 1 aliphatic rings. The maximum Gasteiger partial charge on any atom is 0.309 e. The van der Waals surface area contributed by atoms with Crippen LogP contribution in [0.4, 0.5) is 5.69 Å². The third-order valence-corrected chi connectivity index (χ3v) is 6.64. The molecule has 8 nitrogen and oxygen atoms in total. The second-order valence-corrected chi connectivity index (χ2v) is 9.28. The molecule has 8 heteroatoms. The number of rotatable bonds is 11. The largest absolute Gasteiger partial charge is 0.493 e. The molecule has 1 saturated heterocycles. The highest BCUT2D eigenvalue weighted by atomic mass is 16.5. The summed E-state index contributed by atoms with van der Waals surface area (Å²) in [6, 6.07) is 18.8. The van der Waals surface area contributed by atoms with Crippen LogP contribution in [0.3, 0.4) is 0 Å². The molecule has 4 rings (SSSR count). The Balaban J connectivity index is 1.39. The van der Waals surface area contributed by atoms with Crippen molar-refractivity contribution >= 4 is 17.6 Å². The first-order valence-corrected chi connectivity index (χ1v) is 12.4. The van der Waals surface area contributed by atoms with Crippen molar-refractivity contribution in [3.63, 3.8) is 0 Å². The van der Waals surface area contributed by atoms with Gasteiger partial charge in [-0.1, -0.05) is 29.8 Å². The Morgan fingerprint density at radius 3 is 2.11 bits per heavy atom. The summed E-state index contributed by atoms with van der Waals surface area (Å²) in [4.78, 5) is 24.9. The predicted molar refractivity (Wildman–Crippen MR) is 143 cm³/mol. The number of nitrogens with one attached hydrogen (secondary N) is 1. The summed E-state index contributed by atoms with van der Waals surface area (Å²) >= 11 is 0. The normalized spacial score (nSPS) is 16.5. The number of carbonyl (C=O) groups is 2. The van der Waals surface area contributed by atoms with Gasteiger partial charge < -0.3 is 29.0 Å². The molecule has 0 bridgehead atoms. The molecule has 0 unspecified atom stereocenters. The maximum absolute atomic E-state index is 12.6. The van der Waals surface area contributed by atoms with Crippen LogP contribution in [-0.2, 0) is 27.2 Å². The Bertz CT molecular complexity index is 1270. The molecule has 3 aromatic rings. The average Bonchev–Trinajstić information content (AvgIpc) is 3.27. The first-order valence-electron chi connectivity index (χ1n) is 12.4. The first kappa shape index (κ1) is 26.9. The number of cyclic esters (lactones) is 1. The molecule has 3 aromatic carbocycles. The van der Waals surface area contributed by atoms with E-state index in [1.54, 1.807) is 27.4 Å². The van der Waals surface area contributed by atoms with E-state index in [1.165, 1.54) is 0 Å². The summed E-state index contributed by atoms with van der Waals surface area (Å²) < 4.78 is 27.4. The lowest BCUT2D eigenvalue weighted by Crippen LogP contribution is -2.21. The predicted octanol–water partition coefficient (Wildman–Crippen LogP) is 4.61. The van der Waals surface area contributed by atoms with E-state index < -0.39 is 0 Å². The van der Waals surface area contributed by atoms with Crippen LogP contribution in [-0.4, -0.2) is 46.4 Å². The molecule has 0 aliphatic carbocycles. The average molecular weight is 520 g/mol. The van der Waals surface area contributed by atoms with E-state index in [4.69, 9.17) is 23.7 Å². The van der Waals surface area contributed by atoms with Crippen molar-refractivity contribution < 1.29 is 33.3 Å². The molecule has 1 amide bonds. The fraction of sp³-hybridized carbons (Fsp3) is 0.333. The zero-order chi connectivity index (χ0) is 27.1. The first-order chi connectivity index (χ1) is 18.4. The molecule has 1 fully saturated rings. The van der Waals surface area contributed by atoms with Crippen LogP contribution in [0.15, 0.2) is 60.7 Å². The number of hydrogen-bond donors (Lipinski definition) is 1. The quantitative estimate of drug-likeness (QED) is 0.370. The van der Waals surface area contributed by atoms with Crippen molar-refractivity contribution in [3.8, 4) is 23.0 Å². The Labute approximate surface area is 222 Å². The molecule has 0 radical (unpaired) electrons. The Morgan fingerprint density at radius 2 is 1.45 bits per heavy atom. The lowest BCUT2D eigenvalue weighted by Gasteiger charge is -2.18. The second-order valence-electron chi connectivity index (χ2n) is 9.28. The van der Waals surface area contributed by atoms with Gasteiger partial charge in [-0.2, -0.15) is 0 Å². The Hall–Kier alpha value is -4.20. The fourth-order valence-corrected chi connectivity index (χ4v) is 4.56. The van der Waals surface area contributed by atoms with E-state index in [0.29, 0.717) is 48.1 Å². The molecule has 0 saturated carbocycles. The van der Waals surface area contributed by atoms with Crippen molar-refractivity contribution in [3.05, 3.63) is 77.4 Å². The van der Waals surface area contributed by atoms with Gasteiger partial charge in [0, 0.05) is 11.6 Å². The number of carbonyl (C=O) groups excluding carboxylic acids is 2. The van der Waals surface area contributed by atoms with Crippen LogP contribution in [0.5, 0.6) is 23.0 Å². The van der Waals surface area contributed by atoms with Crippen LogP contribution in [0.2, 0.25) is 0 Å². The minimum atomic E-state index is -0.292. The number of hydrogen-bond acceptors (Lipinski definition) is 7. The van der Waals surface area contributed by atoms with Crippen LogP contribution in [0.25, 0.3) is 0 Å². The number of amides is 1. The molecule has 1 aliphatic heterocycles. The smallest absolute Gasteiger partial charge is 0.309 e. The molecule has 200 valence electrons. The monoisotopic (exact) mass is 519 g/mol. The van der Waals surface area contributed by atoms with Crippen molar-refractivity contribution in [2.24, 2.45) is 11.8 Å². The van der Waals surface area contributed by atoms with Gasteiger partial charge in [-0.05, 0) is 67.3 Å². The van der Waals surface area contributed by atoms with E-state index >= 15 is 0 Å². The van der Waals surface area contributed by atoms with Gasteiger partial charge in [0.15, 0.2) is 29.6 Å². The van der Waals surface area contributed by atoms with Crippen LogP contribution in [0.1, 0.15) is 16.7 Å².